The summed E-state index contributed by atoms with van der Waals surface area (Å²) in [6.07, 6.45) is -1.86. The standard InChI is InChI=1S/C16H21N7O7S/c1-16(27)9(24)7(3-29-31-4-6-11(25)21-15(26)19-6)30-13(16)23-5-18-8-10(23)20-14(17)22-12(8)28-2/h5-7,9,13,24,27H,3-4H2,1-2H3,(H2,17,20,22)(H2,19,21,25,26)/t6-,7+,9+,13+,16+/m0/s1. The largest absolute Gasteiger partial charge is 0.479 e. The monoisotopic (exact) mass is 455 g/mol. The highest BCUT2D eigenvalue weighted by atomic mass is 32.2. The van der Waals surface area contributed by atoms with Crippen LogP contribution in [0.2, 0.25) is 0 Å². The Balaban J connectivity index is 1.45. The average molecular weight is 455 g/mol. The molecule has 3 amide bonds. The Morgan fingerprint density at radius 1 is 1.42 bits per heavy atom. The van der Waals surface area contributed by atoms with Crippen LogP contribution in [0.25, 0.3) is 11.2 Å². The Morgan fingerprint density at radius 2 is 2.19 bits per heavy atom. The maximum Gasteiger partial charge on any atom is 0.322 e. The zero-order valence-corrected chi connectivity index (χ0v) is 17.3. The van der Waals surface area contributed by atoms with Gasteiger partial charge in [0.05, 0.1) is 20.0 Å². The number of hydrogen-bond donors (Lipinski definition) is 5. The molecule has 14 nitrogen and oxygen atoms in total. The van der Waals surface area contributed by atoms with Gasteiger partial charge in [-0.1, -0.05) is 0 Å². The fourth-order valence-electron chi connectivity index (χ4n) is 3.41. The topological polar surface area (TPSA) is 196 Å². The second-order valence-electron chi connectivity index (χ2n) is 7.20. The minimum atomic E-state index is -1.71. The van der Waals surface area contributed by atoms with Crippen molar-refractivity contribution in [1.29, 1.82) is 0 Å². The van der Waals surface area contributed by atoms with Crippen molar-refractivity contribution in [3.8, 4) is 5.88 Å². The molecule has 2 aliphatic heterocycles. The molecule has 0 aliphatic carbocycles. The van der Waals surface area contributed by atoms with Crippen molar-refractivity contribution in [2.75, 3.05) is 25.2 Å². The molecule has 2 aromatic rings. The number of nitrogen functional groups attached to an aromatic ring is 1. The third-order valence-electron chi connectivity index (χ3n) is 5.02. The number of rotatable bonds is 7. The van der Waals surface area contributed by atoms with Crippen molar-refractivity contribution < 1.29 is 33.5 Å². The molecule has 0 bridgehead atoms. The summed E-state index contributed by atoms with van der Waals surface area (Å²) in [5.41, 5.74) is 4.60. The second kappa shape index (κ2) is 8.08. The molecule has 6 N–H and O–H groups in total. The molecule has 0 unspecified atom stereocenters. The van der Waals surface area contributed by atoms with Crippen LogP contribution in [0.15, 0.2) is 6.33 Å². The first-order valence-corrected chi connectivity index (χ1v) is 10.1. The number of aliphatic hydroxyl groups excluding tert-OH is 1. The number of carbonyl (C=O) groups is 2. The van der Waals surface area contributed by atoms with Gasteiger partial charge in [-0.15, -0.1) is 0 Å². The number of aliphatic hydroxyl groups is 2. The number of hydrogen-bond acceptors (Lipinski definition) is 12. The first-order chi connectivity index (χ1) is 14.7. The minimum absolute atomic E-state index is 0.0522. The second-order valence-corrected chi connectivity index (χ2v) is 8.00. The van der Waals surface area contributed by atoms with Crippen LogP contribution >= 0.6 is 12.0 Å². The summed E-state index contributed by atoms with van der Waals surface area (Å²) in [6.45, 7) is 1.33. The molecule has 0 spiro atoms. The van der Waals surface area contributed by atoms with Gasteiger partial charge in [-0.2, -0.15) is 9.97 Å². The number of aromatic nitrogens is 4. The number of nitrogens with two attached hydrogens (primary N) is 1. The van der Waals surface area contributed by atoms with Gasteiger partial charge in [-0.05, 0) is 19.0 Å². The highest BCUT2D eigenvalue weighted by Gasteiger charge is 2.53. The summed E-state index contributed by atoms with van der Waals surface area (Å²) in [5.74, 6) is -0.158. The number of methoxy groups -OCH3 is 1. The summed E-state index contributed by atoms with van der Waals surface area (Å²) in [4.78, 5) is 34.9. The smallest absolute Gasteiger partial charge is 0.322 e. The number of anilines is 1. The van der Waals surface area contributed by atoms with Gasteiger partial charge in [-0.25, -0.2) is 9.78 Å². The van der Waals surface area contributed by atoms with Gasteiger partial charge in [0.1, 0.15) is 23.9 Å². The van der Waals surface area contributed by atoms with E-state index in [4.69, 9.17) is 19.4 Å². The maximum atomic E-state index is 11.5. The number of nitrogens with zero attached hydrogens (tertiary/aromatic N) is 4. The molecule has 5 atom stereocenters. The predicted octanol–water partition coefficient (Wildman–Crippen LogP) is -1.70. The molecular formula is C16H21N7O7S. The van der Waals surface area contributed by atoms with Crippen molar-refractivity contribution in [2.45, 2.75) is 37.0 Å². The van der Waals surface area contributed by atoms with Gasteiger partial charge in [0.15, 0.2) is 17.4 Å². The molecule has 0 radical (unpaired) electrons. The maximum absolute atomic E-state index is 11.5. The molecule has 4 heterocycles. The molecule has 2 aromatic heterocycles. The van der Waals surface area contributed by atoms with Crippen LogP contribution in [0.4, 0.5) is 10.7 Å². The fourth-order valence-corrected chi connectivity index (χ4v) is 4.10. The molecule has 4 rings (SSSR count). The number of carbonyl (C=O) groups excluding carboxylic acids is 2. The van der Waals surface area contributed by atoms with Gasteiger partial charge >= 0.3 is 6.03 Å². The molecule has 0 aromatic carbocycles. The Kier molecular flexibility index (Phi) is 5.61. The van der Waals surface area contributed by atoms with Crippen LogP contribution in [-0.2, 0) is 13.7 Å². The number of nitrogens with one attached hydrogen (secondary N) is 2. The van der Waals surface area contributed by atoms with Crippen LogP contribution in [-0.4, -0.2) is 85.0 Å². The van der Waals surface area contributed by atoms with Crippen LogP contribution in [0.3, 0.4) is 0 Å². The van der Waals surface area contributed by atoms with E-state index in [1.165, 1.54) is 24.9 Å². The van der Waals surface area contributed by atoms with E-state index in [1.807, 2.05) is 0 Å². The summed E-state index contributed by atoms with van der Waals surface area (Å²) in [6, 6.07) is -1.27. The summed E-state index contributed by atoms with van der Waals surface area (Å²) in [5, 5.41) is 26.1. The molecule has 2 fully saturated rings. The number of fused-ring (bicyclic) bond motifs is 1. The Hall–Kier alpha value is -2.72. The lowest BCUT2D eigenvalue weighted by molar-refractivity contribution is -0.119. The number of imide groups is 1. The van der Waals surface area contributed by atoms with E-state index in [0.717, 1.165) is 12.0 Å². The quantitative estimate of drug-likeness (QED) is 0.180. The van der Waals surface area contributed by atoms with Gasteiger partial charge in [0, 0.05) is 5.75 Å². The normalized spacial score (nSPS) is 30.6. The number of imidazole rings is 1. The zero-order chi connectivity index (χ0) is 22.3. The van der Waals surface area contributed by atoms with Crippen LogP contribution in [0.1, 0.15) is 13.2 Å². The van der Waals surface area contributed by atoms with E-state index in [2.05, 4.69) is 25.6 Å². The first kappa shape index (κ1) is 21.5. The number of ether oxygens (including phenoxy) is 2. The van der Waals surface area contributed by atoms with Gasteiger partial charge in [-0.3, -0.25) is 14.7 Å². The van der Waals surface area contributed by atoms with E-state index >= 15 is 0 Å². The molecule has 31 heavy (non-hydrogen) atoms. The molecule has 2 saturated heterocycles. The average Bonchev–Trinajstić information content (AvgIpc) is 3.34. The minimum Gasteiger partial charge on any atom is -0.479 e. The van der Waals surface area contributed by atoms with E-state index in [9.17, 15) is 19.8 Å². The van der Waals surface area contributed by atoms with Gasteiger partial charge in [0.25, 0.3) is 5.91 Å². The molecule has 2 aliphatic rings. The van der Waals surface area contributed by atoms with Gasteiger partial charge < -0.3 is 34.9 Å². The van der Waals surface area contributed by atoms with Gasteiger partial charge in [0.2, 0.25) is 11.8 Å². The van der Waals surface area contributed by atoms with Crippen LogP contribution < -0.4 is 21.1 Å². The SMILES string of the molecule is COc1nc(N)nc2c1ncn2[C@@H]1O[C@H](COSC[C@@H]2NC(=O)NC2=O)[C@@H](O)[C@@]1(C)O. The van der Waals surface area contributed by atoms with Crippen molar-refractivity contribution in [3.63, 3.8) is 0 Å². The van der Waals surface area contributed by atoms with Crippen molar-refractivity contribution in [1.82, 2.24) is 30.2 Å². The third kappa shape index (κ3) is 3.85. The van der Waals surface area contributed by atoms with Crippen molar-refractivity contribution in [2.24, 2.45) is 0 Å². The Bertz CT molecular complexity index is 1020. The third-order valence-corrected chi connectivity index (χ3v) is 5.79. The first-order valence-electron chi connectivity index (χ1n) is 9.18. The summed E-state index contributed by atoms with van der Waals surface area (Å²) < 4.78 is 17.9. The van der Waals surface area contributed by atoms with E-state index in [0.29, 0.717) is 5.52 Å². The van der Waals surface area contributed by atoms with Crippen LogP contribution in [0, 0.1) is 0 Å². The summed E-state index contributed by atoms with van der Waals surface area (Å²) >= 11 is 0.932. The lowest BCUT2D eigenvalue weighted by Gasteiger charge is -2.27. The number of urea groups is 1. The molecular weight excluding hydrogens is 434 g/mol. The molecule has 168 valence electrons. The predicted molar refractivity (Wildman–Crippen MR) is 106 cm³/mol. The number of amides is 3. The van der Waals surface area contributed by atoms with Crippen molar-refractivity contribution in [3.05, 3.63) is 6.33 Å². The Labute approximate surface area is 179 Å². The van der Waals surface area contributed by atoms with Crippen LogP contribution in [0.5, 0.6) is 5.88 Å². The zero-order valence-electron chi connectivity index (χ0n) is 16.5. The molecule has 15 heteroatoms. The highest BCUT2D eigenvalue weighted by Crippen LogP contribution is 2.40. The van der Waals surface area contributed by atoms with E-state index in [1.54, 1.807) is 0 Å². The van der Waals surface area contributed by atoms with Crippen molar-refractivity contribution >= 4 is 41.1 Å². The molecule has 0 saturated carbocycles. The Morgan fingerprint density at radius 3 is 2.87 bits per heavy atom. The highest BCUT2D eigenvalue weighted by molar-refractivity contribution is 7.94. The lowest BCUT2D eigenvalue weighted by Crippen LogP contribution is -2.44. The summed E-state index contributed by atoms with van der Waals surface area (Å²) in [7, 11) is 1.41. The van der Waals surface area contributed by atoms with E-state index < -0.39 is 42.0 Å². The fraction of sp³-hybridized carbons (Fsp3) is 0.562. The lowest BCUT2D eigenvalue weighted by atomic mass is 9.96. The van der Waals surface area contributed by atoms with E-state index in [-0.39, 0.29) is 29.8 Å².